The smallest absolute Gasteiger partial charge is 0.255 e. The van der Waals surface area contributed by atoms with Crippen LogP contribution in [-0.2, 0) is 0 Å². The van der Waals surface area contributed by atoms with E-state index in [1.165, 1.54) is 0 Å². The number of hydrogen-bond donors (Lipinski definition) is 0. The van der Waals surface area contributed by atoms with Crippen LogP contribution in [0.2, 0.25) is 0 Å². The minimum absolute atomic E-state index is 0.0789. The van der Waals surface area contributed by atoms with Crippen molar-refractivity contribution in [3.63, 3.8) is 0 Å². The van der Waals surface area contributed by atoms with E-state index in [-0.39, 0.29) is 5.91 Å². The van der Waals surface area contributed by atoms with Gasteiger partial charge in [-0.3, -0.25) is 14.3 Å². The maximum Gasteiger partial charge on any atom is 0.255 e. The number of carbonyl (C=O) groups is 1. The number of aromatic nitrogens is 3. The molecule has 2 aromatic heterocycles. The Kier molecular flexibility index (Phi) is 3.31. The van der Waals surface area contributed by atoms with Crippen molar-refractivity contribution in [2.45, 2.75) is 12.5 Å². The second kappa shape index (κ2) is 5.67. The number of hydrogen-bond acceptors (Lipinski definition) is 4. The first-order valence-electron chi connectivity index (χ1n) is 8.71. The van der Waals surface area contributed by atoms with Crippen molar-refractivity contribution in [2.75, 3.05) is 26.2 Å². The first-order chi connectivity index (χ1) is 12.3. The Bertz CT molecular complexity index is 935. The van der Waals surface area contributed by atoms with Gasteiger partial charge in [0.05, 0.1) is 5.56 Å². The van der Waals surface area contributed by atoms with Crippen LogP contribution in [0.1, 0.15) is 16.8 Å². The van der Waals surface area contributed by atoms with Crippen LogP contribution in [0, 0.1) is 0 Å². The number of nitrogens with zero attached hydrogens (tertiary/aromatic N) is 5. The molecule has 2 aliphatic rings. The van der Waals surface area contributed by atoms with Gasteiger partial charge in [0.2, 0.25) is 0 Å². The van der Waals surface area contributed by atoms with Gasteiger partial charge in [0.1, 0.15) is 11.8 Å². The molecule has 4 heterocycles. The summed E-state index contributed by atoms with van der Waals surface area (Å²) < 4.78 is 1.94. The molecule has 2 saturated heterocycles. The van der Waals surface area contributed by atoms with Gasteiger partial charge >= 0.3 is 0 Å². The molecule has 2 aliphatic heterocycles. The van der Waals surface area contributed by atoms with Gasteiger partial charge in [0, 0.05) is 44.1 Å². The maximum absolute atomic E-state index is 12.9. The van der Waals surface area contributed by atoms with Crippen LogP contribution in [0.15, 0.2) is 48.9 Å². The van der Waals surface area contributed by atoms with E-state index < -0.39 is 0 Å². The highest BCUT2D eigenvalue weighted by Crippen LogP contribution is 2.23. The molecule has 0 radical (unpaired) electrons. The Hall–Kier alpha value is -2.73. The minimum Gasteiger partial charge on any atom is -0.333 e. The molecule has 0 spiro atoms. The zero-order chi connectivity index (χ0) is 16.8. The molecule has 2 fully saturated rings. The van der Waals surface area contributed by atoms with Crippen molar-refractivity contribution >= 4 is 17.1 Å². The second-order valence-electron chi connectivity index (χ2n) is 6.76. The molecule has 0 saturated carbocycles. The van der Waals surface area contributed by atoms with E-state index in [9.17, 15) is 4.79 Å². The summed E-state index contributed by atoms with van der Waals surface area (Å²) in [6.07, 6.45) is 4.52. The fourth-order valence-corrected chi connectivity index (χ4v) is 3.93. The summed E-state index contributed by atoms with van der Waals surface area (Å²) in [6.45, 7) is 3.89. The lowest BCUT2D eigenvalue weighted by molar-refractivity contribution is 0.0609. The van der Waals surface area contributed by atoms with Crippen LogP contribution in [-0.4, -0.2) is 62.5 Å². The molecule has 126 valence electrons. The summed E-state index contributed by atoms with van der Waals surface area (Å²) in [7, 11) is 0. The van der Waals surface area contributed by atoms with Crippen molar-refractivity contribution in [1.29, 1.82) is 0 Å². The number of rotatable bonds is 2. The highest BCUT2D eigenvalue weighted by molar-refractivity contribution is 5.96. The summed E-state index contributed by atoms with van der Waals surface area (Å²) in [6, 6.07) is 12.2. The molecule has 2 bridgehead atoms. The van der Waals surface area contributed by atoms with Gasteiger partial charge in [-0.2, -0.15) is 0 Å². The van der Waals surface area contributed by atoms with E-state index >= 15 is 0 Å². The molecule has 0 aliphatic carbocycles. The average molecular weight is 333 g/mol. The Morgan fingerprint density at radius 2 is 1.96 bits per heavy atom. The highest BCUT2D eigenvalue weighted by atomic mass is 16.2. The van der Waals surface area contributed by atoms with Crippen LogP contribution >= 0.6 is 0 Å². The average Bonchev–Trinajstić information content (AvgIpc) is 3.25. The molecule has 0 N–H and O–H groups in total. The van der Waals surface area contributed by atoms with Crippen molar-refractivity contribution in [3.05, 3.63) is 54.5 Å². The van der Waals surface area contributed by atoms with Gasteiger partial charge in [-0.25, -0.2) is 9.97 Å². The second-order valence-corrected chi connectivity index (χ2v) is 6.76. The predicted octanol–water partition coefficient (Wildman–Crippen LogP) is 1.95. The zero-order valence-corrected chi connectivity index (χ0v) is 13.9. The Morgan fingerprint density at radius 3 is 2.84 bits per heavy atom. The minimum atomic E-state index is 0.0789. The van der Waals surface area contributed by atoms with E-state index in [4.69, 9.17) is 0 Å². The topological polar surface area (TPSA) is 54.3 Å². The van der Waals surface area contributed by atoms with Crippen molar-refractivity contribution in [1.82, 2.24) is 24.3 Å². The molecular formula is C19H19N5O. The predicted molar refractivity (Wildman–Crippen MR) is 94.7 cm³/mol. The Balaban J connectivity index is 1.48. The lowest BCUT2D eigenvalue weighted by Crippen LogP contribution is -2.49. The number of imidazole rings is 1. The number of benzene rings is 1. The fraction of sp³-hybridized carbons (Fsp3) is 0.316. The highest BCUT2D eigenvalue weighted by Gasteiger charge is 2.35. The largest absolute Gasteiger partial charge is 0.333 e. The lowest BCUT2D eigenvalue weighted by Gasteiger charge is -2.34. The first-order valence-corrected chi connectivity index (χ1v) is 8.71. The molecule has 3 aromatic rings. The number of piperazine rings is 1. The Labute approximate surface area is 145 Å². The zero-order valence-electron chi connectivity index (χ0n) is 13.9. The summed E-state index contributed by atoms with van der Waals surface area (Å²) in [4.78, 5) is 26.4. The van der Waals surface area contributed by atoms with Crippen molar-refractivity contribution in [2.24, 2.45) is 0 Å². The van der Waals surface area contributed by atoms with E-state index in [2.05, 4.69) is 14.9 Å². The molecular weight excluding hydrogens is 314 g/mol. The first kappa shape index (κ1) is 14.6. The standard InChI is InChI=1S/C19H19N5O/c25-19(23-9-8-22-7-6-16(23)12-22)14-10-17-18(20-11-14)24(13-21-17)15-4-2-1-3-5-15/h1-5,10-11,13,16H,6-9,12H2. The lowest BCUT2D eigenvalue weighted by atomic mass is 10.1. The van der Waals surface area contributed by atoms with Crippen LogP contribution in [0.25, 0.3) is 16.9 Å². The molecule has 25 heavy (non-hydrogen) atoms. The Morgan fingerprint density at radius 1 is 1.08 bits per heavy atom. The van der Waals surface area contributed by atoms with E-state index in [0.29, 0.717) is 11.6 Å². The maximum atomic E-state index is 12.9. The fourth-order valence-electron chi connectivity index (χ4n) is 3.93. The van der Waals surface area contributed by atoms with E-state index in [1.54, 1.807) is 12.5 Å². The number of pyridine rings is 1. The molecule has 5 rings (SSSR count). The summed E-state index contributed by atoms with van der Waals surface area (Å²) in [5.41, 5.74) is 3.16. The molecule has 1 amide bonds. The van der Waals surface area contributed by atoms with E-state index in [1.807, 2.05) is 45.9 Å². The van der Waals surface area contributed by atoms with Gasteiger partial charge < -0.3 is 4.90 Å². The molecule has 6 nitrogen and oxygen atoms in total. The molecule has 2 unspecified atom stereocenters. The van der Waals surface area contributed by atoms with Gasteiger partial charge in [-0.1, -0.05) is 18.2 Å². The number of amides is 1. The molecule has 2 atom stereocenters. The van der Waals surface area contributed by atoms with Gasteiger partial charge in [-0.05, 0) is 24.6 Å². The van der Waals surface area contributed by atoms with Crippen molar-refractivity contribution in [3.8, 4) is 5.69 Å². The van der Waals surface area contributed by atoms with Crippen LogP contribution in [0.4, 0.5) is 0 Å². The van der Waals surface area contributed by atoms with Crippen molar-refractivity contribution < 1.29 is 4.79 Å². The third kappa shape index (κ3) is 2.41. The summed E-state index contributed by atoms with van der Waals surface area (Å²) in [5.74, 6) is 0.0789. The summed E-state index contributed by atoms with van der Waals surface area (Å²) in [5, 5.41) is 0. The third-order valence-electron chi connectivity index (χ3n) is 5.28. The van der Waals surface area contributed by atoms with Gasteiger partial charge in [-0.15, -0.1) is 0 Å². The quantitative estimate of drug-likeness (QED) is 0.719. The van der Waals surface area contributed by atoms with Crippen LogP contribution in [0.5, 0.6) is 0 Å². The van der Waals surface area contributed by atoms with E-state index in [0.717, 1.165) is 49.5 Å². The number of carbonyl (C=O) groups excluding carboxylic acids is 1. The van der Waals surface area contributed by atoms with Crippen LogP contribution in [0.3, 0.4) is 0 Å². The normalized spacial score (nSPS) is 22.5. The monoisotopic (exact) mass is 333 g/mol. The third-order valence-corrected chi connectivity index (χ3v) is 5.28. The molecule has 6 heteroatoms. The summed E-state index contributed by atoms with van der Waals surface area (Å²) >= 11 is 0. The van der Waals surface area contributed by atoms with Crippen LogP contribution < -0.4 is 0 Å². The number of fused-ring (bicyclic) bond motifs is 3. The van der Waals surface area contributed by atoms with Gasteiger partial charge in [0.25, 0.3) is 5.91 Å². The SMILES string of the molecule is O=C(c1cnc2c(c1)ncn2-c1ccccc1)N1CCN2CCC1C2. The number of para-hydroxylation sites is 1. The van der Waals surface area contributed by atoms with Gasteiger partial charge in [0.15, 0.2) is 5.65 Å². The molecule has 1 aromatic carbocycles.